The molecule has 0 rings (SSSR count). The normalized spacial score (nSPS) is 15.1. The molecule has 0 radical (unpaired) electrons. The number of nitrogens with one attached hydrogen (secondary N) is 1. The third-order valence-electron chi connectivity index (χ3n) is 3.80. The van der Waals surface area contributed by atoms with Crippen molar-refractivity contribution in [2.75, 3.05) is 26.0 Å². The number of hydrogen-bond donors (Lipinski definition) is 1. The standard InChI is InChI=1S/C17H35NO3S/c1-8-17(6,13-15(19)22-7)21-12-11-20-16(4,5)9-10-18-14(2)3/h14,18H,8-13H2,1-7H3. The van der Waals surface area contributed by atoms with Gasteiger partial charge in [0, 0.05) is 12.5 Å². The Balaban J connectivity index is 4.04. The number of thioether (sulfide) groups is 1. The van der Waals surface area contributed by atoms with E-state index in [4.69, 9.17) is 9.47 Å². The molecule has 1 unspecified atom stereocenters. The molecule has 0 aliphatic carbocycles. The molecule has 0 aromatic heterocycles. The molecule has 1 atom stereocenters. The Labute approximate surface area is 141 Å². The predicted octanol–water partition coefficient (Wildman–Crippen LogP) is 3.63. The van der Waals surface area contributed by atoms with Gasteiger partial charge in [0.25, 0.3) is 0 Å². The van der Waals surface area contributed by atoms with Crippen LogP contribution in [0.25, 0.3) is 0 Å². The van der Waals surface area contributed by atoms with Crippen LogP contribution >= 0.6 is 11.8 Å². The average molecular weight is 334 g/mol. The van der Waals surface area contributed by atoms with E-state index < -0.39 is 0 Å². The molecule has 0 aliphatic rings. The van der Waals surface area contributed by atoms with Gasteiger partial charge in [-0.2, -0.15) is 0 Å². The minimum Gasteiger partial charge on any atom is -0.373 e. The zero-order valence-electron chi connectivity index (χ0n) is 15.5. The molecule has 4 nitrogen and oxygen atoms in total. The molecule has 132 valence electrons. The molecule has 1 N–H and O–H groups in total. The Morgan fingerprint density at radius 2 is 1.77 bits per heavy atom. The molecule has 0 aromatic carbocycles. The van der Waals surface area contributed by atoms with E-state index in [0.29, 0.717) is 25.7 Å². The number of ether oxygens (including phenoxy) is 2. The van der Waals surface area contributed by atoms with Crippen molar-refractivity contribution in [2.24, 2.45) is 0 Å². The van der Waals surface area contributed by atoms with Gasteiger partial charge in [-0.15, -0.1) is 0 Å². The number of rotatable bonds is 12. The quantitative estimate of drug-likeness (QED) is 0.553. The van der Waals surface area contributed by atoms with Crippen molar-refractivity contribution < 1.29 is 14.3 Å². The number of carbonyl (C=O) groups is 1. The lowest BCUT2D eigenvalue weighted by Crippen LogP contribution is -2.35. The maximum absolute atomic E-state index is 11.6. The van der Waals surface area contributed by atoms with Gasteiger partial charge < -0.3 is 14.8 Å². The second-order valence-corrected chi connectivity index (χ2v) is 7.74. The Morgan fingerprint density at radius 3 is 2.27 bits per heavy atom. The molecule has 0 heterocycles. The van der Waals surface area contributed by atoms with E-state index in [1.807, 2.05) is 13.2 Å². The highest BCUT2D eigenvalue weighted by Gasteiger charge is 2.26. The van der Waals surface area contributed by atoms with Gasteiger partial charge in [0.15, 0.2) is 5.12 Å². The Morgan fingerprint density at radius 1 is 1.18 bits per heavy atom. The topological polar surface area (TPSA) is 47.6 Å². The third kappa shape index (κ3) is 10.6. The van der Waals surface area contributed by atoms with Crippen molar-refractivity contribution in [2.45, 2.75) is 78.0 Å². The lowest BCUT2D eigenvalue weighted by Gasteiger charge is -2.30. The van der Waals surface area contributed by atoms with Crippen molar-refractivity contribution >= 4 is 16.9 Å². The highest BCUT2D eigenvalue weighted by atomic mass is 32.2. The molecule has 0 saturated heterocycles. The summed E-state index contributed by atoms with van der Waals surface area (Å²) < 4.78 is 11.8. The van der Waals surface area contributed by atoms with Gasteiger partial charge in [0.1, 0.15) is 0 Å². The van der Waals surface area contributed by atoms with Crippen molar-refractivity contribution in [1.82, 2.24) is 5.32 Å². The summed E-state index contributed by atoms with van der Waals surface area (Å²) in [5.74, 6) is 0. The molecule has 0 spiro atoms. The molecule has 0 saturated carbocycles. The van der Waals surface area contributed by atoms with Crippen molar-refractivity contribution in [3.05, 3.63) is 0 Å². The fraction of sp³-hybridized carbons (Fsp3) is 0.941. The van der Waals surface area contributed by atoms with Crippen LogP contribution in [0.1, 0.15) is 60.8 Å². The van der Waals surface area contributed by atoms with Crippen LogP contribution in [-0.4, -0.2) is 48.4 Å². The minimum absolute atomic E-state index is 0.164. The minimum atomic E-state index is -0.382. The van der Waals surface area contributed by atoms with Gasteiger partial charge in [-0.05, 0) is 46.4 Å². The first-order chi connectivity index (χ1) is 10.1. The summed E-state index contributed by atoms with van der Waals surface area (Å²) in [7, 11) is 0. The first kappa shape index (κ1) is 21.9. The highest BCUT2D eigenvalue weighted by molar-refractivity contribution is 8.13. The van der Waals surface area contributed by atoms with Crippen LogP contribution in [0.5, 0.6) is 0 Å². The van der Waals surface area contributed by atoms with E-state index in [2.05, 4.69) is 39.9 Å². The summed E-state index contributed by atoms with van der Waals surface area (Å²) in [6, 6.07) is 0.498. The van der Waals surface area contributed by atoms with Crippen LogP contribution in [0.4, 0.5) is 0 Å². The zero-order valence-corrected chi connectivity index (χ0v) is 16.3. The molecule has 0 bridgehead atoms. The molecule has 0 amide bonds. The van der Waals surface area contributed by atoms with E-state index in [0.717, 1.165) is 19.4 Å². The van der Waals surface area contributed by atoms with Gasteiger partial charge in [-0.1, -0.05) is 32.5 Å². The van der Waals surface area contributed by atoms with E-state index in [1.165, 1.54) is 11.8 Å². The van der Waals surface area contributed by atoms with E-state index in [-0.39, 0.29) is 16.3 Å². The fourth-order valence-electron chi connectivity index (χ4n) is 2.00. The predicted molar refractivity (Wildman–Crippen MR) is 95.6 cm³/mol. The summed E-state index contributed by atoms with van der Waals surface area (Å²) in [5.41, 5.74) is -0.546. The SMILES string of the molecule is CCC(C)(CC(=O)SC)OCCOC(C)(C)CCNC(C)C. The largest absolute Gasteiger partial charge is 0.373 e. The van der Waals surface area contributed by atoms with Gasteiger partial charge in [-0.25, -0.2) is 0 Å². The van der Waals surface area contributed by atoms with Gasteiger partial charge in [0.2, 0.25) is 0 Å². The maximum atomic E-state index is 11.6. The molecular weight excluding hydrogens is 298 g/mol. The van der Waals surface area contributed by atoms with Crippen LogP contribution in [0.3, 0.4) is 0 Å². The summed E-state index contributed by atoms with van der Waals surface area (Å²) in [5, 5.41) is 3.57. The van der Waals surface area contributed by atoms with Gasteiger partial charge in [0.05, 0.1) is 24.4 Å². The van der Waals surface area contributed by atoms with Crippen LogP contribution in [0, 0.1) is 0 Å². The Bertz CT molecular complexity index is 321. The second kappa shape index (κ2) is 10.6. The van der Waals surface area contributed by atoms with Gasteiger partial charge in [-0.3, -0.25) is 4.79 Å². The van der Waals surface area contributed by atoms with E-state index in [9.17, 15) is 4.79 Å². The van der Waals surface area contributed by atoms with Crippen LogP contribution in [0.2, 0.25) is 0 Å². The molecule has 0 aromatic rings. The molecule has 0 aliphatic heterocycles. The highest BCUT2D eigenvalue weighted by Crippen LogP contribution is 2.23. The molecule has 22 heavy (non-hydrogen) atoms. The zero-order chi connectivity index (χ0) is 17.2. The van der Waals surface area contributed by atoms with Crippen molar-refractivity contribution in [3.8, 4) is 0 Å². The summed E-state index contributed by atoms with van der Waals surface area (Å²) in [6.07, 6.45) is 4.05. The summed E-state index contributed by atoms with van der Waals surface area (Å²) in [4.78, 5) is 11.6. The molecule has 0 fully saturated rings. The third-order valence-corrected chi connectivity index (χ3v) is 4.40. The summed E-state index contributed by atoms with van der Waals surface area (Å²) in [6.45, 7) is 14.6. The van der Waals surface area contributed by atoms with Crippen LogP contribution in [0.15, 0.2) is 0 Å². The monoisotopic (exact) mass is 333 g/mol. The Kier molecular flexibility index (Phi) is 10.6. The maximum Gasteiger partial charge on any atom is 0.191 e. The summed E-state index contributed by atoms with van der Waals surface area (Å²) >= 11 is 1.26. The average Bonchev–Trinajstić information content (AvgIpc) is 2.43. The molecule has 5 heteroatoms. The number of hydrogen-bond acceptors (Lipinski definition) is 5. The number of carbonyl (C=O) groups excluding carboxylic acids is 1. The smallest absolute Gasteiger partial charge is 0.191 e. The van der Waals surface area contributed by atoms with Crippen LogP contribution < -0.4 is 5.32 Å². The first-order valence-corrected chi connectivity index (χ1v) is 9.45. The van der Waals surface area contributed by atoms with Gasteiger partial charge >= 0.3 is 0 Å². The first-order valence-electron chi connectivity index (χ1n) is 8.22. The van der Waals surface area contributed by atoms with E-state index >= 15 is 0 Å². The van der Waals surface area contributed by atoms with E-state index in [1.54, 1.807) is 0 Å². The van der Waals surface area contributed by atoms with Crippen molar-refractivity contribution in [3.63, 3.8) is 0 Å². The second-order valence-electron chi connectivity index (χ2n) is 6.87. The fourth-order valence-corrected chi connectivity index (χ4v) is 2.45. The molecular formula is C17H35NO3S. The van der Waals surface area contributed by atoms with Crippen molar-refractivity contribution in [1.29, 1.82) is 0 Å². The lowest BCUT2D eigenvalue weighted by molar-refractivity contribution is -0.123. The van der Waals surface area contributed by atoms with Crippen LogP contribution in [-0.2, 0) is 14.3 Å². The lowest BCUT2D eigenvalue weighted by atomic mass is 10.00. The Hall–Kier alpha value is -0.100.